The molecule has 1 fully saturated rings. The van der Waals surface area contributed by atoms with Crippen molar-refractivity contribution in [2.75, 3.05) is 6.54 Å². The Balaban J connectivity index is 1.85. The van der Waals surface area contributed by atoms with Crippen LogP contribution in [-0.4, -0.2) is 24.9 Å². The van der Waals surface area contributed by atoms with Crippen LogP contribution < -0.4 is 4.72 Å². The van der Waals surface area contributed by atoms with Gasteiger partial charge in [-0.3, -0.25) is 0 Å². The fraction of sp³-hybridized carbons (Fsp3) is 0.769. The molecule has 0 amide bonds. The lowest BCUT2D eigenvalue weighted by Crippen LogP contribution is -2.31. The highest BCUT2D eigenvalue weighted by atomic mass is 32.2. The van der Waals surface area contributed by atoms with Crippen molar-refractivity contribution in [3.05, 3.63) is 12.0 Å². The van der Waals surface area contributed by atoms with Crippen LogP contribution in [0, 0.1) is 18.8 Å². The first-order valence-corrected chi connectivity index (χ1v) is 8.51. The first-order chi connectivity index (χ1) is 9.01. The van der Waals surface area contributed by atoms with Gasteiger partial charge in [0.25, 0.3) is 10.0 Å². The maximum atomic E-state index is 12.0. The van der Waals surface area contributed by atoms with Crippen molar-refractivity contribution in [2.24, 2.45) is 11.8 Å². The molecule has 1 aromatic rings. The molecule has 0 radical (unpaired) electrons. The first kappa shape index (κ1) is 14.5. The lowest BCUT2D eigenvalue weighted by Gasteiger charge is -2.27. The van der Waals surface area contributed by atoms with Gasteiger partial charge in [0.05, 0.1) is 6.20 Å². The van der Waals surface area contributed by atoms with Gasteiger partial charge in [-0.2, -0.15) is 0 Å². The second-order valence-electron chi connectivity index (χ2n) is 5.48. The van der Waals surface area contributed by atoms with Crippen LogP contribution in [0.3, 0.4) is 0 Å². The summed E-state index contributed by atoms with van der Waals surface area (Å²) in [6.07, 6.45) is 7.32. The minimum Gasteiger partial charge on any atom is -0.332 e. The number of aryl methyl sites for hydroxylation is 1. The molecule has 6 heteroatoms. The van der Waals surface area contributed by atoms with Gasteiger partial charge in [-0.25, -0.2) is 18.1 Å². The molecular weight excluding hydrogens is 262 g/mol. The highest BCUT2D eigenvalue weighted by Crippen LogP contribution is 2.30. The molecule has 1 aromatic heterocycles. The van der Waals surface area contributed by atoms with E-state index in [1.165, 1.54) is 25.5 Å². The largest absolute Gasteiger partial charge is 0.332 e. The maximum Gasteiger partial charge on any atom is 0.257 e. The zero-order chi connectivity index (χ0) is 13.9. The standard InChI is InChI=1S/C13H23N3O2S/c1-3-11-4-6-12(7-5-11)8-15-19(17,18)13-9-14-10(2)16-13/h9,11-12,15H,3-8H2,1-2H3,(H,14,16). The van der Waals surface area contributed by atoms with Crippen molar-refractivity contribution < 1.29 is 8.42 Å². The molecule has 1 aliphatic carbocycles. The van der Waals surface area contributed by atoms with E-state index in [1.807, 2.05) is 0 Å². The Hall–Kier alpha value is -0.880. The minimum absolute atomic E-state index is 0.159. The van der Waals surface area contributed by atoms with E-state index in [1.54, 1.807) is 6.92 Å². The normalized spacial score (nSPS) is 24.5. The van der Waals surface area contributed by atoms with Crippen LogP contribution >= 0.6 is 0 Å². The zero-order valence-corrected chi connectivity index (χ0v) is 12.5. The Morgan fingerprint density at radius 1 is 1.32 bits per heavy atom. The third kappa shape index (κ3) is 3.79. The molecule has 1 heterocycles. The highest BCUT2D eigenvalue weighted by Gasteiger charge is 2.23. The lowest BCUT2D eigenvalue weighted by atomic mass is 9.81. The molecular formula is C13H23N3O2S. The van der Waals surface area contributed by atoms with E-state index in [0.717, 1.165) is 18.8 Å². The maximum absolute atomic E-state index is 12.0. The smallest absolute Gasteiger partial charge is 0.257 e. The summed E-state index contributed by atoms with van der Waals surface area (Å²) in [5, 5.41) is 0.159. The number of H-pyrrole nitrogens is 1. The van der Waals surface area contributed by atoms with E-state index in [2.05, 4.69) is 21.6 Å². The summed E-state index contributed by atoms with van der Waals surface area (Å²) >= 11 is 0. The van der Waals surface area contributed by atoms with E-state index >= 15 is 0 Å². The summed E-state index contributed by atoms with van der Waals surface area (Å²) in [6, 6.07) is 0. The summed E-state index contributed by atoms with van der Waals surface area (Å²) in [4.78, 5) is 6.68. The summed E-state index contributed by atoms with van der Waals surface area (Å²) in [5.74, 6) is 1.92. The fourth-order valence-corrected chi connectivity index (χ4v) is 3.77. The van der Waals surface area contributed by atoms with E-state index in [9.17, 15) is 8.42 Å². The van der Waals surface area contributed by atoms with Crippen LogP contribution in [-0.2, 0) is 10.0 Å². The predicted octanol–water partition coefficient (Wildman–Crippen LogP) is 2.21. The Kier molecular flexibility index (Phi) is 4.62. The summed E-state index contributed by atoms with van der Waals surface area (Å²) < 4.78 is 26.7. The Morgan fingerprint density at radius 2 is 1.95 bits per heavy atom. The fourth-order valence-electron chi connectivity index (χ4n) is 2.68. The van der Waals surface area contributed by atoms with Gasteiger partial charge < -0.3 is 4.98 Å². The zero-order valence-electron chi connectivity index (χ0n) is 11.6. The number of nitrogens with one attached hydrogen (secondary N) is 2. The molecule has 5 nitrogen and oxygen atoms in total. The number of rotatable bonds is 5. The molecule has 2 rings (SSSR count). The SMILES string of the molecule is CCC1CCC(CNS(=O)(=O)c2cnc(C)[nH]2)CC1. The quantitative estimate of drug-likeness (QED) is 0.871. The average molecular weight is 285 g/mol. The predicted molar refractivity (Wildman–Crippen MR) is 74.3 cm³/mol. The number of hydrogen-bond donors (Lipinski definition) is 2. The van der Waals surface area contributed by atoms with Crippen molar-refractivity contribution in [3.8, 4) is 0 Å². The molecule has 0 spiro atoms. The second kappa shape index (κ2) is 6.05. The molecule has 0 unspecified atom stereocenters. The number of aromatic nitrogens is 2. The molecule has 0 saturated heterocycles. The van der Waals surface area contributed by atoms with Gasteiger partial charge in [0.2, 0.25) is 0 Å². The Labute approximate surface area is 115 Å². The molecule has 0 bridgehead atoms. The minimum atomic E-state index is -3.43. The topological polar surface area (TPSA) is 74.8 Å². The van der Waals surface area contributed by atoms with Crippen LogP contribution in [0.15, 0.2) is 11.2 Å². The number of hydrogen-bond acceptors (Lipinski definition) is 3. The number of aromatic amines is 1. The average Bonchev–Trinajstić information content (AvgIpc) is 2.85. The van der Waals surface area contributed by atoms with Crippen LogP contribution in [0.2, 0.25) is 0 Å². The second-order valence-corrected chi connectivity index (χ2v) is 7.22. The number of imidazole rings is 1. The molecule has 0 aromatic carbocycles. The van der Waals surface area contributed by atoms with Crippen molar-refractivity contribution in [2.45, 2.75) is 51.0 Å². The van der Waals surface area contributed by atoms with E-state index in [0.29, 0.717) is 18.3 Å². The van der Waals surface area contributed by atoms with Crippen molar-refractivity contribution in [1.82, 2.24) is 14.7 Å². The van der Waals surface area contributed by atoms with E-state index in [-0.39, 0.29) is 5.03 Å². The van der Waals surface area contributed by atoms with Crippen LogP contribution in [0.4, 0.5) is 0 Å². The van der Waals surface area contributed by atoms with E-state index < -0.39 is 10.0 Å². The van der Waals surface area contributed by atoms with Crippen molar-refractivity contribution >= 4 is 10.0 Å². The molecule has 1 saturated carbocycles. The third-order valence-electron chi connectivity index (χ3n) is 4.07. The Bertz CT molecular complexity index is 502. The van der Waals surface area contributed by atoms with Crippen molar-refractivity contribution in [1.29, 1.82) is 0 Å². The lowest BCUT2D eigenvalue weighted by molar-refractivity contribution is 0.270. The van der Waals surface area contributed by atoms with Crippen molar-refractivity contribution in [3.63, 3.8) is 0 Å². The first-order valence-electron chi connectivity index (χ1n) is 7.02. The van der Waals surface area contributed by atoms with Gasteiger partial charge in [0, 0.05) is 6.54 Å². The third-order valence-corrected chi connectivity index (χ3v) is 5.41. The molecule has 108 valence electrons. The molecule has 0 atom stereocenters. The van der Waals surface area contributed by atoms with Crippen LogP contribution in [0.5, 0.6) is 0 Å². The van der Waals surface area contributed by atoms with Crippen LogP contribution in [0.1, 0.15) is 44.9 Å². The molecule has 0 aliphatic heterocycles. The Morgan fingerprint density at radius 3 is 2.47 bits per heavy atom. The van der Waals surface area contributed by atoms with Gasteiger partial charge in [-0.05, 0) is 31.6 Å². The molecule has 1 aliphatic rings. The monoisotopic (exact) mass is 285 g/mol. The van der Waals surface area contributed by atoms with Gasteiger partial charge in [-0.15, -0.1) is 0 Å². The number of sulfonamides is 1. The highest BCUT2D eigenvalue weighted by molar-refractivity contribution is 7.89. The van der Waals surface area contributed by atoms with E-state index in [4.69, 9.17) is 0 Å². The van der Waals surface area contributed by atoms with Gasteiger partial charge >= 0.3 is 0 Å². The summed E-state index contributed by atoms with van der Waals surface area (Å²) in [6.45, 7) is 4.51. The van der Waals surface area contributed by atoms with Gasteiger partial charge in [0.1, 0.15) is 5.82 Å². The van der Waals surface area contributed by atoms with Crippen LogP contribution in [0.25, 0.3) is 0 Å². The molecule has 2 N–H and O–H groups in total. The van der Waals surface area contributed by atoms with Gasteiger partial charge in [0.15, 0.2) is 5.03 Å². The van der Waals surface area contributed by atoms with Gasteiger partial charge in [-0.1, -0.05) is 26.2 Å². The number of nitrogens with zero attached hydrogens (tertiary/aromatic N) is 1. The summed E-state index contributed by atoms with van der Waals surface area (Å²) in [7, 11) is -3.43. The molecule has 19 heavy (non-hydrogen) atoms. The summed E-state index contributed by atoms with van der Waals surface area (Å²) in [5.41, 5.74) is 0.